The van der Waals surface area contributed by atoms with Gasteiger partial charge in [-0.15, -0.1) is 0 Å². The van der Waals surface area contributed by atoms with E-state index in [0.717, 1.165) is 36.8 Å². The fourth-order valence-corrected chi connectivity index (χ4v) is 5.76. The normalized spacial score (nSPS) is 14.5. The Bertz CT molecular complexity index is 1490. The predicted octanol–water partition coefficient (Wildman–Crippen LogP) is 8.27. The maximum atomic E-state index is 12.7. The van der Waals surface area contributed by atoms with Crippen molar-refractivity contribution in [2.75, 3.05) is 5.32 Å². The fraction of sp³-hybridized carbons (Fsp3) is 0.207. The van der Waals surface area contributed by atoms with Crippen molar-refractivity contribution in [2.45, 2.75) is 38.2 Å². The van der Waals surface area contributed by atoms with Crippen LogP contribution in [-0.2, 0) is 14.9 Å². The summed E-state index contributed by atoms with van der Waals surface area (Å²) < 4.78 is 12.9. The second-order valence-corrected chi connectivity index (χ2v) is 11.2. The van der Waals surface area contributed by atoms with Crippen molar-refractivity contribution >= 4 is 49.6 Å². The number of benzene rings is 3. The van der Waals surface area contributed by atoms with E-state index in [1.807, 2.05) is 66.7 Å². The summed E-state index contributed by atoms with van der Waals surface area (Å²) >= 11 is 6.90. The SMILES string of the molecule is Cc1noc(-c2ccc(-c3ccc(C4(C(=O)O)CC4)cc3)cc2)c1NC(=O)OC(C)c1cc(Br)cc(Br)c1. The van der Waals surface area contributed by atoms with Gasteiger partial charge in [-0.1, -0.05) is 85.5 Å². The van der Waals surface area contributed by atoms with Gasteiger partial charge in [0.1, 0.15) is 17.5 Å². The molecule has 1 heterocycles. The highest BCUT2D eigenvalue weighted by atomic mass is 79.9. The van der Waals surface area contributed by atoms with Gasteiger partial charge in [-0.2, -0.15) is 0 Å². The Balaban J connectivity index is 1.30. The van der Waals surface area contributed by atoms with Crippen LogP contribution < -0.4 is 5.32 Å². The highest BCUT2D eigenvalue weighted by molar-refractivity contribution is 9.11. The van der Waals surface area contributed by atoms with E-state index in [9.17, 15) is 14.7 Å². The molecule has 3 aromatic carbocycles. The molecule has 9 heteroatoms. The Hall–Kier alpha value is -3.43. The van der Waals surface area contributed by atoms with Crippen LogP contribution in [0.5, 0.6) is 0 Å². The van der Waals surface area contributed by atoms with E-state index in [1.165, 1.54) is 0 Å². The number of aliphatic carboxylic acids is 1. The van der Waals surface area contributed by atoms with Crippen LogP contribution in [0, 0.1) is 6.92 Å². The third kappa shape index (κ3) is 5.26. The molecular formula is C29H24Br2N2O5. The van der Waals surface area contributed by atoms with Gasteiger partial charge in [-0.05, 0) is 67.1 Å². The maximum Gasteiger partial charge on any atom is 0.412 e. The van der Waals surface area contributed by atoms with Gasteiger partial charge >= 0.3 is 12.1 Å². The van der Waals surface area contributed by atoms with Gasteiger partial charge in [-0.25, -0.2) is 4.79 Å². The van der Waals surface area contributed by atoms with Crippen molar-refractivity contribution in [3.05, 3.63) is 92.5 Å². The molecule has 0 bridgehead atoms. The second kappa shape index (κ2) is 10.4. The largest absolute Gasteiger partial charge is 0.481 e. The van der Waals surface area contributed by atoms with E-state index in [-0.39, 0.29) is 0 Å². The first kappa shape index (κ1) is 26.2. The number of halogens is 2. The predicted molar refractivity (Wildman–Crippen MR) is 151 cm³/mol. The third-order valence-corrected chi connectivity index (χ3v) is 7.72. The summed E-state index contributed by atoms with van der Waals surface area (Å²) in [5, 5.41) is 16.3. The molecule has 1 fully saturated rings. The van der Waals surface area contributed by atoms with Gasteiger partial charge in [0.15, 0.2) is 5.76 Å². The number of rotatable bonds is 7. The number of anilines is 1. The third-order valence-electron chi connectivity index (χ3n) is 6.81. The van der Waals surface area contributed by atoms with Crippen molar-refractivity contribution in [1.82, 2.24) is 5.16 Å². The monoisotopic (exact) mass is 638 g/mol. The number of ether oxygens (including phenoxy) is 1. The molecule has 4 aromatic rings. The van der Waals surface area contributed by atoms with Gasteiger partial charge in [0.25, 0.3) is 0 Å². The van der Waals surface area contributed by atoms with E-state index in [0.29, 0.717) is 30.0 Å². The summed E-state index contributed by atoms with van der Waals surface area (Å²) in [5.74, 6) is -0.336. The van der Waals surface area contributed by atoms with Crippen molar-refractivity contribution < 1.29 is 24.0 Å². The Morgan fingerprint density at radius 2 is 1.53 bits per heavy atom. The topological polar surface area (TPSA) is 102 Å². The second-order valence-electron chi connectivity index (χ2n) is 9.39. The molecule has 1 aliphatic rings. The van der Waals surface area contributed by atoms with Gasteiger partial charge in [0.2, 0.25) is 0 Å². The molecular weight excluding hydrogens is 616 g/mol. The lowest BCUT2D eigenvalue weighted by molar-refractivity contribution is -0.140. The van der Waals surface area contributed by atoms with Crippen LogP contribution in [0.15, 0.2) is 80.2 Å². The number of hydrogen-bond acceptors (Lipinski definition) is 5. The Labute approximate surface area is 236 Å². The lowest BCUT2D eigenvalue weighted by Gasteiger charge is -2.15. The quantitative estimate of drug-likeness (QED) is 0.211. The number of carbonyl (C=O) groups is 2. The van der Waals surface area contributed by atoms with Crippen molar-refractivity contribution in [1.29, 1.82) is 0 Å². The van der Waals surface area contributed by atoms with Crippen LogP contribution in [0.4, 0.5) is 10.5 Å². The number of hydrogen-bond donors (Lipinski definition) is 2. The summed E-state index contributed by atoms with van der Waals surface area (Å²) in [7, 11) is 0. The highest BCUT2D eigenvalue weighted by Gasteiger charge is 2.51. The number of aryl methyl sites for hydroxylation is 1. The van der Waals surface area contributed by atoms with Crippen LogP contribution in [0.25, 0.3) is 22.5 Å². The molecule has 0 spiro atoms. The van der Waals surface area contributed by atoms with Crippen molar-refractivity contribution in [3.63, 3.8) is 0 Å². The van der Waals surface area contributed by atoms with Crippen LogP contribution >= 0.6 is 31.9 Å². The average molecular weight is 640 g/mol. The fourth-order valence-electron chi connectivity index (χ4n) is 4.43. The van der Waals surface area contributed by atoms with Crippen LogP contribution in [0.3, 0.4) is 0 Å². The summed E-state index contributed by atoms with van der Waals surface area (Å²) in [6.45, 7) is 3.55. The molecule has 0 aliphatic heterocycles. The molecule has 1 atom stereocenters. The van der Waals surface area contributed by atoms with Gasteiger partial charge < -0.3 is 14.4 Å². The number of aromatic nitrogens is 1. The molecule has 194 valence electrons. The van der Waals surface area contributed by atoms with E-state index < -0.39 is 23.6 Å². The van der Waals surface area contributed by atoms with Gasteiger partial charge in [0.05, 0.1) is 5.41 Å². The smallest absolute Gasteiger partial charge is 0.412 e. The Morgan fingerprint density at radius 3 is 2.08 bits per heavy atom. The molecule has 1 amide bonds. The average Bonchev–Trinajstić information content (AvgIpc) is 3.63. The number of nitrogens with one attached hydrogen (secondary N) is 1. The van der Waals surface area contributed by atoms with E-state index >= 15 is 0 Å². The Morgan fingerprint density at radius 1 is 0.974 bits per heavy atom. The molecule has 38 heavy (non-hydrogen) atoms. The molecule has 5 rings (SSSR count). The standard InChI is InChI=1S/C29H24Br2N2O5/c1-16-25(32-28(36)37-17(2)21-13-23(30)15-24(31)14-21)26(38-33-16)20-5-3-18(4-6-20)19-7-9-22(10-8-19)29(11-12-29)27(34)35/h3-10,13-15,17H,11-12H2,1-2H3,(H,32,36)(H,34,35). The first-order valence-electron chi connectivity index (χ1n) is 12.0. The lowest BCUT2D eigenvalue weighted by Crippen LogP contribution is -2.19. The highest BCUT2D eigenvalue weighted by Crippen LogP contribution is 2.48. The molecule has 1 unspecified atom stereocenters. The lowest BCUT2D eigenvalue weighted by atomic mass is 9.93. The van der Waals surface area contributed by atoms with E-state index in [1.54, 1.807) is 13.8 Å². The van der Waals surface area contributed by atoms with Crippen LogP contribution in [0.1, 0.15) is 42.7 Å². The van der Waals surface area contributed by atoms with E-state index in [2.05, 4.69) is 42.3 Å². The van der Waals surface area contributed by atoms with Gasteiger partial charge in [0, 0.05) is 14.5 Å². The first-order chi connectivity index (χ1) is 18.2. The summed E-state index contributed by atoms with van der Waals surface area (Å²) in [6.07, 6.45) is 0.255. The van der Waals surface area contributed by atoms with Crippen molar-refractivity contribution in [3.8, 4) is 22.5 Å². The van der Waals surface area contributed by atoms with Crippen molar-refractivity contribution in [2.24, 2.45) is 0 Å². The van der Waals surface area contributed by atoms with Crippen LogP contribution in [0.2, 0.25) is 0 Å². The van der Waals surface area contributed by atoms with Gasteiger partial charge in [-0.3, -0.25) is 10.1 Å². The minimum Gasteiger partial charge on any atom is -0.481 e. The Kier molecular flexibility index (Phi) is 7.15. The number of carboxylic acid groups (broad SMARTS) is 1. The summed E-state index contributed by atoms with van der Waals surface area (Å²) in [4.78, 5) is 24.3. The minimum absolute atomic E-state index is 0.427. The number of nitrogens with zero attached hydrogens (tertiary/aromatic N) is 1. The summed E-state index contributed by atoms with van der Waals surface area (Å²) in [5.41, 5.74) is 4.62. The zero-order valence-corrected chi connectivity index (χ0v) is 23.8. The maximum absolute atomic E-state index is 12.7. The first-order valence-corrected chi connectivity index (χ1v) is 13.6. The zero-order valence-electron chi connectivity index (χ0n) is 20.6. The minimum atomic E-state index is -0.763. The number of carboxylic acids is 1. The number of carbonyl (C=O) groups excluding carboxylic acids is 1. The molecule has 2 N–H and O–H groups in total. The molecule has 1 aliphatic carbocycles. The number of amides is 1. The molecule has 1 saturated carbocycles. The molecule has 0 saturated heterocycles. The van der Waals surface area contributed by atoms with Crippen LogP contribution in [-0.4, -0.2) is 22.3 Å². The van der Waals surface area contributed by atoms with E-state index in [4.69, 9.17) is 9.26 Å². The zero-order chi connectivity index (χ0) is 27.0. The molecule has 1 aromatic heterocycles. The molecule has 0 radical (unpaired) electrons. The summed E-state index contributed by atoms with van der Waals surface area (Å²) in [6, 6.07) is 21.0. The molecule has 7 nitrogen and oxygen atoms in total.